The van der Waals surface area contributed by atoms with Crippen LogP contribution in [0.5, 0.6) is 0 Å². The van der Waals surface area contributed by atoms with Gasteiger partial charge in [0.2, 0.25) is 11.5 Å². The van der Waals surface area contributed by atoms with Crippen LogP contribution in [-0.2, 0) is 0 Å². The first-order valence-corrected chi connectivity index (χ1v) is 5.99. The van der Waals surface area contributed by atoms with E-state index in [1.807, 2.05) is 6.07 Å². The van der Waals surface area contributed by atoms with Gasteiger partial charge >= 0.3 is 0 Å². The summed E-state index contributed by atoms with van der Waals surface area (Å²) in [5.74, 6) is 0.932. The summed E-state index contributed by atoms with van der Waals surface area (Å²) in [6.45, 7) is 6.95. The van der Waals surface area contributed by atoms with Crippen molar-refractivity contribution in [1.82, 2.24) is 15.1 Å². The van der Waals surface area contributed by atoms with Crippen LogP contribution in [0.4, 0.5) is 5.82 Å². The van der Waals surface area contributed by atoms with Crippen LogP contribution in [-0.4, -0.2) is 15.1 Å². The number of rotatable bonds is 2. The average Bonchev–Trinajstić information content (AvgIpc) is 3.05. The largest absolute Gasteiger partial charge is 0.361 e. The highest BCUT2D eigenvalue weighted by atomic mass is 16.5. The lowest BCUT2D eigenvalue weighted by molar-refractivity contribution is 0.432. The van der Waals surface area contributed by atoms with Crippen molar-refractivity contribution in [2.75, 3.05) is 0 Å². The summed E-state index contributed by atoms with van der Waals surface area (Å²) in [5, 5.41) is 12.6. The van der Waals surface area contributed by atoms with Crippen molar-refractivity contribution < 1.29 is 4.52 Å². The van der Waals surface area contributed by atoms with E-state index in [-0.39, 0.29) is 5.82 Å². The number of benzene rings is 1. The molecule has 0 N–H and O–H groups in total. The minimum atomic E-state index is 0.275. The van der Waals surface area contributed by atoms with Crippen molar-refractivity contribution in [3.8, 4) is 29.0 Å². The van der Waals surface area contributed by atoms with Gasteiger partial charge in [0, 0.05) is 5.56 Å². The van der Waals surface area contributed by atoms with E-state index in [1.165, 1.54) is 0 Å². The zero-order valence-corrected chi connectivity index (χ0v) is 10.7. The van der Waals surface area contributed by atoms with Gasteiger partial charge in [0.25, 0.3) is 11.7 Å². The second kappa shape index (κ2) is 5.24. The summed E-state index contributed by atoms with van der Waals surface area (Å²) < 4.78 is 5.19. The molecule has 0 saturated carbocycles. The van der Waals surface area contributed by atoms with E-state index in [1.54, 1.807) is 42.5 Å². The lowest BCUT2D eigenvalue weighted by Crippen LogP contribution is -1.85. The average molecular weight is 273 g/mol. The first kappa shape index (κ1) is 12.5. The van der Waals surface area contributed by atoms with Crippen LogP contribution in [0.1, 0.15) is 5.56 Å². The molecule has 0 aliphatic heterocycles. The molecule has 2 aromatic heterocycles. The van der Waals surface area contributed by atoms with Crippen LogP contribution in [0.2, 0.25) is 0 Å². The van der Waals surface area contributed by atoms with Gasteiger partial charge in [-0.25, -0.2) is 0 Å². The van der Waals surface area contributed by atoms with Gasteiger partial charge < -0.3 is 9.37 Å². The summed E-state index contributed by atoms with van der Waals surface area (Å²) in [4.78, 5) is 11.6. The molecule has 2 heterocycles. The van der Waals surface area contributed by atoms with Crippen molar-refractivity contribution in [3.05, 3.63) is 59.4 Å². The highest BCUT2D eigenvalue weighted by Gasteiger charge is 2.14. The van der Waals surface area contributed by atoms with Crippen molar-refractivity contribution in [1.29, 1.82) is 5.26 Å². The Kier molecular flexibility index (Phi) is 3.12. The fraction of sp³-hybridized carbons (Fsp3) is 0. The lowest BCUT2D eigenvalue weighted by Gasteiger charge is -1.93. The standard InChI is InChI=1S/C15H7N5O/c1-17-13-4-2-3-12(18-13)14-19-15(21-20-14)11-7-5-10(9-16)6-8-11/h2-8H. The van der Waals surface area contributed by atoms with Crippen LogP contribution < -0.4 is 0 Å². The van der Waals surface area contributed by atoms with Gasteiger partial charge in [-0.2, -0.15) is 10.2 Å². The molecule has 0 saturated heterocycles. The molecule has 0 aliphatic rings. The van der Waals surface area contributed by atoms with Gasteiger partial charge in [-0.3, -0.25) is 0 Å². The van der Waals surface area contributed by atoms with Crippen molar-refractivity contribution in [2.24, 2.45) is 0 Å². The Morgan fingerprint density at radius 2 is 1.90 bits per heavy atom. The number of nitriles is 1. The predicted molar refractivity (Wildman–Crippen MR) is 73.9 cm³/mol. The summed E-state index contributed by atoms with van der Waals surface area (Å²) in [6, 6.07) is 13.9. The smallest absolute Gasteiger partial charge is 0.270 e. The fourth-order valence-electron chi connectivity index (χ4n) is 1.74. The van der Waals surface area contributed by atoms with E-state index in [9.17, 15) is 0 Å². The molecule has 98 valence electrons. The van der Waals surface area contributed by atoms with Crippen LogP contribution in [0.3, 0.4) is 0 Å². The third-order valence-corrected chi connectivity index (χ3v) is 2.77. The van der Waals surface area contributed by atoms with Gasteiger partial charge in [0.1, 0.15) is 0 Å². The highest BCUT2D eigenvalue weighted by Crippen LogP contribution is 2.22. The molecule has 3 rings (SSSR count). The topological polar surface area (TPSA) is 80.0 Å². The van der Waals surface area contributed by atoms with Gasteiger partial charge in [0.05, 0.1) is 11.6 Å². The van der Waals surface area contributed by atoms with Crippen molar-refractivity contribution in [3.63, 3.8) is 0 Å². The van der Waals surface area contributed by atoms with E-state index in [2.05, 4.69) is 20.0 Å². The second-order valence-electron chi connectivity index (χ2n) is 4.11. The molecule has 0 fully saturated rings. The Morgan fingerprint density at radius 3 is 2.62 bits per heavy atom. The van der Waals surface area contributed by atoms with Gasteiger partial charge in [0.15, 0.2) is 0 Å². The number of nitrogens with zero attached hydrogens (tertiary/aromatic N) is 5. The number of pyridine rings is 1. The van der Waals surface area contributed by atoms with Gasteiger partial charge in [-0.05, 0) is 36.4 Å². The Labute approximate surface area is 120 Å². The maximum absolute atomic E-state index is 8.77. The summed E-state index contributed by atoms with van der Waals surface area (Å²) in [5.41, 5.74) is 1.76. The van der Waals surface area contributed by atoms with Gasteiger partial charge in [-0.15, -0.1) is 4.98 Å². The summed E-state index contributed by atoms with van der Waals surface area (Å²) in [6.07, 6.45) is 0. The normalized spacial score (nSPS) is 9.81. The Balaban J connectivity index is 1.96. The van der Waals surface area contributed by atoms with Gasteiger partial charge in [-0.1, -0.05) is 17.8 Å². The minimum absolute atomic E-state index is 0.275. The monoisotopic (exact) mass is 273 g/mol. The molecule has 6 nitrogen and oxygen atoms in total. The predicted octanol–water partition coefficient (Wildman–Crippen LogP) is 3.22. The SMILES string of the molecule is [C-]#[N+]c1cccc(-c2noc(-c3ccc(C#N)cc3)n2)n1. The van der Waals surface area contributed by atoms with Crippen LogP contribution in [0.15, 0.2) is 47.0 Å². The molecule has 6 heteroatoms. The number of hydrogen-bond acceptors (Lipinski definition) is 5. The quantitative estimate of drug-likeness (QED) is 0.670. The first-order valence-electron chi connectivity index (χ1n) is 5.99. The number of hydrogen-bond donors (Lipinski definition) is 0. The van der Waals surface area contributed by atoms with Crippen LogP contribution >= 0.6 is 0 Å². The second-order valence-corrected chi connectivity index (χ2v) is 4.11. The molecule has 1 aromatic carbocycles. The van der Waals surface area contributed by atoms with Crippen molar-refractivity contribution in [2.45, 2.75) is 0 Å². The van der Waals surface area contributed by atoms with E-state index in [0.717, 1.165) is 0 Å². The van der Waals surface area contributed by atoms with E-state index >= 15 is 0 Å². The van der Waals surface area contributed by atoms with E-state index < -0.39 is 0 Å². The Bertz CT molecular complexity index is 868. The molecule has 0 unspecified atom stereocenters. The molecule has 0 aliphatic carbocycles. The summed E-state index contributed by atoms with van der Waals surface area (Å²) >= 11 is 0. The molecule has 3 aromatic rings. The third kappa shape index (κ3) is 2.46. The highest BCUT2D eigenvalue weighted by molar-refractivity contribution is 5.59. The fourth-order valence-corrected chi connectivity index (χ4v) is 1.74. The van der Waals surface area contributed by atoms with Crippen molar-refractivity contribution >= 4 is 5.82 Å². The molecule has 0 bridgehead atoms. The maximum Gasteiger partial charge on any atom is 0.270 e. The van der Waals surface area contributed by atoms with E-state index in [0.29, 0.717) is 28.5 Å². The zero-order valence-electron chi connectivity index (χ0n) is 10.7. The Hall–Kier alpha value is -3.51. The maximum atomic E-state index is 8.77. The minimum Gasteiger partial charge on any atom is -0.361 e. The first-order chi connectivity index (χ1) is 10.3. The third-order valence-electron chi connectivity index (χ3n) is 2.77. The van der Waals surface area contributed by atoms with Crippen LogP contribution in [0.25, 0.3) is 27.8 Å². The molecule has 0 spiro atoms. The molecule has 21 heavy (non-hydrogen) atoms. The zero-order chi connectivity index (χ0) is 14.7. The van der Waals surface area contributed by atoms with Crippen LogP contribution in [0, 0.1) is 17.9 Å². The number of aromatic nitrogens is 3. The Morgan fingerprint density at radius 1 is 1.10 bits per heavy atom. The lowest BCUT2D eigenvalue weighted by atomic mass is 10.1. The molecule has 0 radical (unpaired) electrons. The molecular formula is C15H7N5O. The molecule has 0 atom stereocenters. The summed E-state index contributed by atoms with van der Waals surface area (Å²) in [7, 11) is 0. The molecule has 0 amide bonds. The molecular weight excluding hydrogens is 266 g/mol. The van der Waals surface area contributed by atoms with E-state index in [4.69, 9.17) is 16.4 Å².